The first-order valence-corrected chi connectivity index (χ1v) is 6.04. The van der Waals surface area contributed by atoms with Crippen molar-refractivity contribution in [2.75, 3.05) is 7.11 Å². The summed E-state index contributed by atoms with van der Waals surface area (Å²) in [5.74, 6) is -0.0313. The van der Waals surface area contributed by atoms with Crippen LogP contribution >= 0.6 is 11.6 Å². The number of rotatable bonds is 4. The Bertz CT molecular complexity index is 685. The van der Waals surface area contributed by atoms with Crippen molar-refractivity contribution in [1.82, 2.24) is 0 Å². The number of nitro benzene ring substituents is 1. The van der Waals surface area contributed by atoms with Crippen molar-refractivity contribution in [2.24, 2.45) is 0 Å². The van der Waals surface area contributed by atoms with Gasteiger partial charge in [0.25, 0.3) is 5.69 Å². The number of nitrogens with zero attached hydrogens (tertiary/aromatic N) is 1. The maximum atomic E-state index is 12.4. The molecular weight excluding hydrogens is 282 g/mol. The summed E-state index contributed by atoms with van der Waals surface area (Å²) in [4.78, 5) is 22.6. The largest absolute Gasteiger partial charge is 0.496 e. The van der Waals surface area contributed by atoms with Crippen LogP contribution in [0.1, 0.15) is 15.9 Å². The van der Waals surface area contributed by atoms with Gasteiger partial charge in [0.15, 0.2) is 5.78 Å². The molecule has 102 valence electrons. The number of carbonyl (C=O) groups excluding carboxylic acids is 1. The highest BCUT2D eigenvalue weighted by Gasteiger charge is 2.19. The summed E-state index contributed by atoms with van der Waals surface area (Å²) < 4.78 is 5.11. The van der Waals surface area contributed by atoms with Gasteiger partial charge in [0.2, 0.25) is 0 Å². The molecule has 2 aromatic carbocycles. The predicted octanol–water partition coefficient (Wildman–Crippen LogP) is 3.49. The molecule has 20 heavy (non-hydrogen) atoms. The normalized spacial score (nSPS) is 10.1. The Balaban J connectivity index is 2.53. The minimum atomic E-state index is -0.574. The van der Waals surface area contributed by atoms with Crippen LogP contribution in [0.4, 0.5) is 5.69 Å². The third-order valence-electron chi connectivity index (χ3n) is 2.76. The molecule has 0 bridgehead atoms. The fourth-order valence-electron chi connectivity index (χ4n) is 1.78. The van der Waals surface area contributed by atoms with Crippen molar-refractivity contribution in [2.45, 2.75) is 0 Å². The molecule has 0 aliphatic heterocycles. The second-order valence-electron chi connectivity index (χ2n) is 3.95. The summed E-state index contributed by atoms with van der Waals surface area (Å²) in [5.41, 5.74) is 0.190. The number of non-ortho nitro benzene ring substituents is 1. The Morgan fingerprint density at radius 1 is 1.20 bits per heavy atom. The van der Waals surface area contributed by atoms with Crippen LogP contribution in [0.15, 0.2) is 42.5 Å². The second kappa shape index (κ2) is 5.71. The lowest BCUT2D eigenvalue weighted by atomic mass is 10.0. The molecule has 0 aromatic heterocycles. The minimum absolute atomic E-state index is 0.0744. The molecule has 6 heteroatoms. The molecule has 0 atom stereocenters. The monoisotopic (exact) mass is 291 g/mol. The lowest BCUT2D eigenvalue weighted by molar-refractivity contribution is -0.384. The molecule has 2 aromatic rings. The first kappa shape index (κ1) is 14.0. The van der Waals surface area contributed by atoms with Gasteiger partial charge in [-0.25, -0.2) is 0 Å². The molecule has 0 aliphatic carbocycles. The van der Waals surface area contributed by atoms with E-state index in [0.717, 1.165) is 6.07 Å². The van der Waals surface area contributed by atoms with Crippen LogP contribution in [0.3, 0.4) is 0 Å². The summed E-state index contributed by atoms with van der Waals surface area (Å²) >= 11 is 5.96. The minimum Gasteiger partial charge on any atom is -0.496 e. The molecule has 0 radical (unpaired) electrons. The summed E-state index contributed by atoms with van der Waals surface area (Å²) in [6.07, 6.45) is 0. The molecule has 0 fully saturated rings. The lowest BCUT2D eigenvalue weighted by Crippen LogP contribution is -2.05. The highest BCUT2D eigenvalue weighted by atomic mass is 35.5. The molecule has 0 saturated carbocycles. The zero-order valence-electron chi connectivity index (χ0n) is 10.5. The fraction of sp³-hybridized carbons (Fsp3) is 0.0714. The first-order chi connectivity index (χ1) is 9.54. The average Bonchev–Trinajstić information content (AvgIpc) is 2.46. The molecule has 0 saturated heterocycles. The number of ketones is 1. The third-order valence-corrected chi connectivity index (χ3v) is 3.09. The molecule has 0 amide bonds. The highest BCUT2D eigenvalue weighted by molar-refractivity contribution is 6.35. The molecule has 0 spiro atoms. The van der Waals surface area contributed by atoms with Crippen molar-refractivity contribution in [1.29, 1.82) is 0 Å². The first-order valence-electron chi connectivity index (χ1n) is 5.66. The average molecular weight is 292 g/mol. The smallest absolute Gasteiger partial charge is 0.270 e. The van der Waals surface area contributed by atoms with E-state index in [2.05, 4.69) is 0 Å². The quantitative estimate of drug-likeness (QED) is 0.491. The van der Waals surface area contributed by atoms with Crippen LogP contribution in [-0.2, 0) is 0 Å². The Morgan fingerprint density at radius 3 is 2.55 bits per heavy atom. The number of nitro groups is 1. The maximum absolute atomic E-state index is 12.4. The van der Waals surface area contributed by atoms with E-state index < -0.39 is 10.7 Å². The zero-order chi connectivity index (χ0) is 14.7. The Kier molecular flexibility index (Phi) is 4.00. The van der Waals surface area contributed by atoms with E-state index in [-0.39, 0.29) is 16.3 Å². The number of hydrogen-bond donors (Lipinski definition) is 0. The van der Waals surface area contributed by atoms with Gasteiger partial charge in [-0.05, 0) is 18.2 Å². The van der Waals surface area contributed by atoms with Crippen LogP contribution < -0.4 is 4.74 Å². The highest BCUT2D eigenvalue weighted by Crippen LogP contribution is 2.27. The number of halogens is 1. The maximum Gasteiger partial charge on any atom is 0.270 e. The molecular formula is C14H10ClNO4. The Labute approximate surface area is 119 Å². The van der Waals surface area contributed by atoms with Gasteiger partial charge in [0.1, 0.15) is 5.75 Å². The van der Waals surface area contributed by atoms with Crippen molar-refractivity contribution in [3.8, 4) is 5.75 Å². The SMILES string of the molecule is COc1ccccc1C(=O)c1cc([N+](=O)[O-])ccc1Cl. The Hall–Kier alpha value is -2.40. The van der Waals surface area contributed by atoms with E-state index >= 15 is 0 Å². The van der Waals surface area contributed by atoms with Crippen LogP contribution in [0.25, 0.3) is 0 Å². The number of methoxy groups -OCH3 is 1. The van der Waals surface area contributed by atoms with Crippen LogP contribution in [0, 0.1) is 10.1 Å². The standard InChI is InChI=1S/C14H10ClNO4/c1-20-13-5-3-2-4-10(13)14(17)11-8-9(16(18)19)6-7-12(11)15/h2-8H,1H3. The van der Waals surface area contributed by atoms with Crippen molar-refractivity contribution in [3.05, 3.63) is 68.7 Å². The van der Waals surface area contributed by atoms with Crippen LogP contribution in [-0.4, -0.2) is 17.8 Å². The molecule has 5 nitrogen and oxygen atoms in total. The lowest BCUT2D eigenvalue weighted by Gasteiger charge is -2.08. The molecule has 0 aliphatic rings. The van der Waals surface area contributed by atoms with Crippen molar-refractivity contribution < 1.29 is 14.5 Å². The summed E-state index contributed by atoms with van der Waals surface area (Å²) in [6, 6.07) is 10.4. The van der Waals surface area contributed by atoms with E-state index in [9.17, 15) is 14.9 Å². The van der Waals surface area contributed by atoms with Gasteiger partial charge < -0.3 is 4.74 Å². The second-order valence-corrected chi connectivity index (χ2v) is 4.36. The van der Waals surface area contributed by atoms with Crippen molar-refractivity contribution >= 4 is 23.1 Å². The molecule has 0 heterocycles. The summed E-state index contributed by atoms with van der Waals surface area (Å²) in [5, 5.41) is 10.9. The van der Waals surface area contributed by atoms with Gasteiger partial charge in [-0.2, -0.15) is 0 Å². The zero-order valence-corrected chi connectivity index (χ0v) is 11.3. The number of carbonyl (C=O) groups is 1. The number of benzene rings is 2. The van der Waals surface area contributed by atoms with Crippen LogP contribution in [0.2, 0.25) is 5.02 Å². The number of ether oxygens (including phenoxy) is 1. The number of hydrogen-bond acceptors (Lipinski definition) is 4. The number of para-hydroxylation sites is 1. The third kappa shape index (κ3) is 2.62. The Morgan fingerprint density at radius 2 is 1.90 bits per heavy atom. The molecule has 2 rings (SSSR count). The van der Waals surface area contributed by atoms with Gasteiger partial charge in [-0.3, -0.25) is 14.9 Å². The summed E-state index contributed by atoms with van der Waals surface area (Å²) in [6.45, 7) is 0. The van der Waals surface area contributed by atoms with E-state index in [4.69, 9.17) is 16.3 Å². The van der Waals surface area contributed by atoms with E-state index in [1.165, 1.54) is 19.2 Å². The van der Waals surface area contributed by atoms with Gasteiger partial charge >= 0.3 is 0 Å². The van der Waals surface area contributed by atoms with Gasteiger partial charge in [0, 0.05) is 17.7 Å². The predicted molar refractivity (Wildman–Crippen MR) is 74.5 cm³/mol. The topological polar surface area (TPSA) is 69.4 Å². The van der Waals surface area contributed by atoms with Crippen molar-refractivity contribution in [3.63, 3.8) is 0 Å². The van der Waals surface area contributed by atoms with Crippen LogP contribution in [0.5, 0.6) is 5.75 Å². The molecule has 0 unspecified atom stereocenters. The summed E-state index contributed by atoms with van der Waals surface area (Å²) in [7, 11) is 1.45. The van der Waals surface area contributed by atoms with Gasteiger partial charge in [-0.1, -0.05) is 23.7 Å². The van der Waals surface area contributed by atoms with E-state index in [1.807, 2.05) is 0 Å². The van der Waals surface area contributed by atoms with E-state index in [1.54, 1.807) is 24.3 Å². The fourth-order valence-corrected chi connectivity index (χ4v) is 1.98. The molecule has 0 N–H and O–H groups in total. The van der Waals surface area contributed by atoms with Gasteiger partial charge in [0.05, 0.1) is 22.6 Å². The van der Waals surface area contributed by atoms with E-state index in [0.29, 0.717) is 11.3 Å². The van der Waals surface area contributed by atoms with Gasteiger partial charge in [-0.15, -0.1) is 0 Å².